The molecule has 0 atom stereocenters. The molecule has 2 aromatic carbocycles. The van der Waals surface area contributed by atoms with Gasteiger partial charge in [-0.05, 0) is 54.4 Å². The SMILES string of the molecule is CC(=O)N1CCc2cc(NC(=O)c3ccccc3SCc3cn4ccccc4n3)ccc21. The normalized spacial score (nSPS) is 12.7. The van der Waals surface area contributed by atoms with Crippen molar-refractivity contribution in [2.45, 2.75) is 24.0 Å². The van der Waals surface area contributed by atoms with Crippen molar-refractivity contribution in [1.82, 2.24) is 9.38 Å². The van der Waals surface area contributed by atoms with Crippen LogP contribution in [0.25, 0.3) is 5.65 Å². The van der Waals surface area contributed by atoms with Gasteiger partial charge in [0, 0.05) is 47.9 Å². The minimum absolute atomic E-state index is 0.0390. The van der Waals surface area contributed by atoms with Crippen molar-refractivity contribution >= 4 is 40.6 Å². The number of aromatic nitrogens is 2. The van der Waals surface area contributed by atoms with Crippen molar-refractivity contribution in [2.75, 3.05) is 16.8 Å². The second kappa shape index (κ2) is 8.51. The number of nitrogens with zero attached hydrogens (tertiary/aromatic N) is 3. The van der Waals surface area contributed by atoms with Crippen LogP contribution in [0.15, 0.2) is 78.0 Å². The molecule has 4 aromatic rings. The van der Waals surface area contributed by atoms with Gasteiger partial charge in [0.15, 0.2) is 0 Å². The molecule has 0 saturated heterocycles. The van der Waals surface area contributed by atoms with E-state index in [-0.39, 0.29) is 11.8 Å². The van der Waals surface area contributed by atoms with E-state index < -0.39 is 0 Å². The quantitative estimate of drug-likeness (QED) is 0.452. The first kappa shape index (κ1) is 20.3. The summed E-state index contributed by atoms with van der Waals surface area (Å²) in [5.41, 5.74) is 5.25. The summed E-state index contributed by atoms with van der Waals surface area (Å²) in [5, 5.41) is 3.02. The van der Waals surface area contributed by atoms with E-state index in [4.69, 9.17) is 0 Å². The molecule has 0 fully saturated rings. The van der Waals surface area contributed by atoms with Crippen LogP contribution in [-0.2, 0) is 17.0 Å². The van der Waals surface area contributed by atoms with E-state index in [1.165, 1.54) is 0 Å². The molecule has 1 N–H and O–H groups in total. The molecular weight excluding hydrogens is 420 g/mol. The monoisotopic (exact) mass is 442 g/mol. The molecule has 3 heterocycles. The zero-order valence-corrected chi connectivity index (χ0v) is 18.4. The summed E-state index contributed by atoms with van der Waals surface area (Å²) in [5.74, 6) is 0.563. The Kier molecular flexibility index (Phi) is 5.41. The van der Waals surface area contributed by atoms with E-state index in [2.05, 4.69) is 10.3 Å². The van der Waals surface area contributed by atoms with Crippen molar-refractivity contribution in [3.8, 4) is 0 Å². The zero-order chi connectivity index (χ0) is 22.1. The van der Waals surface area contributed by atoms with Crippen molar-refractivity contribution in [2.24, 2.45) is 0 Å². The van der Waals surface area contributed by atoms with Crippen LogP contribution in [0.5, 0.6) is 0 Å². The molecule has 6 nitrogen and oxygen atoms in total. The average Bonchev–Trinajstić information content (AvgIpc) is 3.41. The molecule has 0 bridgehead atoms. The summed E-state index contributed by atoms with van der Waals surface area (Å²) in [6.07, 6.45) is 4.79. The van der Waals surface area contributed by atoms with Crippen molar-refractivity contribution in [1.29, 1.82) is 0 Å². The number of hydrogen-bond donors (Lipinski definition) is 1. The molecule has 1 aliphatic heterocycles. The van der Waals surface area contributed by atoms with Gasteiger partial charge in [-0.2, -0.15) is 0 Å². The van der Waals surface area contributed by atoms with E-state index >= 15 is 0 Å². The lowest BCUT2D eigenvalue weighted by Gasteiger charge is -2.15. The Morgan fingerprint density at radius 2 is 1.94 bits per heavy atom. The number of anilines is 2. The number of fused-ring (bicyclic) bond motifs is 2. The smallest absolute Gasteiger partial charge is 0.256 e. The van der Waals surface area contributed by atoms with Gasteiger partial charge >= 0.3 is 0 Å². The highest BCUT2D eigenvalue weighted by molar-refractivity contribution is 7.98. The van der Waals surface area contributed by atoms with E-state index in [0.29, 0.717) is 17.9 Å². The zero-order valence-electron chi connectivity index (χ0n) is 17.6. The molecule has 7 heteroatoms. The Hall–Kier alpha value is -3.58. The maximum Gasteiger partial charge on any atom is 0.256 e. The number of thioether (sulfide) groups is 1. The number of nitrogens with one attached hydrogen (secondary N) is 1. The summed E-state index contributed by atoms with van der Waals surface area (Å²) in [4.78, 5) is 32.1. The molecule has 32 heavy (non-hydrogen) atoms. The lowest BCUT2D eigenvalue weighted by atomic mass is 10.1. The van der Waals surface area contributed by atoms with Gasteiger partial charge in [0.2, 0.25) is 5.91 Å². The lowest BCUT2D eigenvalue weighted by Crippen LogP contribution is -2.25. The number of carbonyl (C=O) groups is 2. The highest BCUT2D eigenvalue weighted by Gasteiger charge is 2.22. The molecule has 0 unspecified atom stereocenters. The summed E-state index contributed by atoms with van der Waals surface area (Å²) in [6, 6.07) is 19.2. The number of pyridine rings is 1. The van der Waals surface area contributed by atoms with Crippen molar-refractivity contribution < 1.29 is 9.59 Å². The maximum absolute atomic E-state index is 13.1. The number of amides is 2. The summed E-state index contributed by atoms with van der Waals surface area (Å²) >= 11 is 1.60. The minimum Gasteiger partial charge on any atom is -0.322 e. The first-order valence-electron chi connectivity index (χ1n) is 10.5. The fourth-order valence-electron chi connectivity index (χ4n) is 3.99. The van der Waals surface area contributed by atoms with E-state index in [1.54, 1.807) is 23.6 Å². The first-order chi connectivity index (χ1) is 15.6. The average molecular weight is 443 g/mol. The highest BCUT2D eigenvalue weighted by atomic mass is 32.2. The molecule has 5 rings (SSSR count). The number of rotatable bonds is 5. The number of hydrogen-bond acceptors (Lipinski definition) is 4. The molecule has 2 amide bonds. The number of carbonyl (C=O) groups excluding carboxylic acids is 2. The molecule has 2 aromatic heterocycles. The predicted molar refractivity (Wildman–Crippen MR) is 127 cm³/mol. The Morgan fingerprint density at radius 3 is 2.78 bits per heavy atom. The molecule has 1 aliphatic rings. The highest BCUT2D eigenvalue weighted by Crippen LogP contribution is 2.31. The maximum atomic E-state index is 13.1. The standard InChI is InChI=1S/C25H22N4O2S/c1-17(30)29-13-11-18-14-19(9-10-22(18)29)27-25(31)21-6-2-3-7-23(21)32-16-20-15-28-12-5-4-8-24(28)26-20/h2-10,12,14-15H,11,13,16H2,1H3,(H,27,31). The third-order valence-electron chi connectivity index (χ3n) is 5.53. The molecule has 0 radical (unpaired) electrons. The topological polar surface area (TPSA) is 66.7 Å². The van der Waals surface area contributed by atoms with Crippen LogP contribution >= 0.6 is 11.8 Å². The van der Waals surface area contributed by atoms with Gasteiger partial charge < -0.3 is 14.6 Å². The van der Waals surface area contributed by atoms with Crippen LogP contribution in [0, 0.1) is 0 Å². The van der Waals surface area contributed by atoms with Crippen LogP contribution in [0.1, 0.15) is 28.5 Å². The Balaban J connectivity index is 1.31. The predicted octanol–water partition coefficient (Wildman–Crippen LogP) is 4.79. The lowest BCUT2D eigenvalue weighted by molar-refractivity contribution is -0.116. The fourth-order valence-corrected chi connectivity index (χ4v) is 4.93. The second-order valence-electron chi connectivity index (χ2n) is 7.70. The molecule has 160 valence electrons. The van der Waals surface area contributed by atoms with Gasteiger partial charge in [-0.3, -0.25) is 9.59 Å². The van der Waals surface area contributed by atoms with Crippen LogP contribution in [0.4, 0.5) is 11.4 Å². The van der Waals surface area contributed by atoms with Gasteiger partial charge in [-0.15, -0.1) is 11.8 Å². The van der Waals surface area contributed by atoms with Gasteiger partial charge in [-0.25, -0.2) is 4.98 Å². The molecule has 0 spiro atoms. The summed E-state index contributed by atoms with van der Waals surface area (Å²) < 4.78 is 2.00. The van der Waals surface area contributed by atoms with Gasteiger partial charge in [0.05, 0.1) is 11.3 Å². The van der Waals surface area contributed by atoms with Crippen molar-refractivity contribution in [3.05, 3.63) is 89.9 Å². The van der Waals surface area contributed by atoms with Gasteiger partial charge in [-0.1, -0.05) is 18.2 Å². The number of benzene rings is 2. The molecule has 0 aliphatic carbocycles. The fraction of sp³-hybridized carbons (Fsp3) is 0.160. The first-order valence-corrected chi connectivity index (χ1v) is 11.4. The van der Waals surface area contributed by atoms with Crippen LogP contribution < -0.4 is 10.2 Å². The Bertz CT molecular complexity index is 1300. The van der Waals surface area contributed by atoms with Gasteiger partial charge in [0.25, 0.3) is 5.91 Å². The van der Waals surface area contributed by atoms with Gasteiger partial charge in [0.1, 0.15) is 5.65 Å². The van der Waals surface area contributed by atoms with Crippen LogP contribution in [0.3, 0.4) is 0 Å². The third-order valence-corrected chi connectivity index (χ3v) is 6.64. The molecular formula is C25H22N4O2S. The second-order valence-corrected chi connectivity index (χ2v) is 8.72. The third kappa shape index (κ3) is 3.99. The van der Waals surface area contributed by atoms with Crippen molar-refractivity contribution in [3.63, 3.8) is 0 Å². The van der Waals surface area contributed by atoms with E-state index in [1.807, 2.05) is 77.5 Å². The van der Waals surface area contributed by atoms with E-state index in [9.17, 15) is 9.59 Å². The number of imidazole rings is 1. The minimum atomic E-state index is -0.149. The Morgan fingerprint density at radius 1 is 1.09 bits per heavy atom. The molecule has 0 saturated carbocycles. The Labute approximate surface area is 190 Å². The van der Waals surface area contributed by atoms with Crippen LogP contribution in [0.2, 0.25) is 0 Å². The van der Waals surface area contributed by atoms with Crippen LogP contribution in [-0.4, -0.2) is 27.7 Å². The summed E-state index contributed by atoms with van der Waals surface area (Å²) in [6.45, 7) is 2.26. The summed E-state index contributed by atoms with van der Waals surface area (Å²) in [7, 11) is 0. The van der Waals surface area contributed by atoms with E-state index in [0.717, 1.165) is 39.6 Å². The largest absolute Gasteiger partial charge is 0.322 e.